The van der Waals surface area contributed by atoms with Crippen LogP contribution in [0.15, 0.2) is 60.7 Å². The Labute approximate surface area is 230 Å². The summed E-state index contributed by atoms with van der Waals surface area (Å²) in [5.74, 6) is -6.29. The molecule has 9 N–H and O–H groups in total. The van der Waals surface area contributed by atoms with E-state index in [4.69, 9.17) is 11.5 Å². The van der Waals surface area contributed by atoms with E-state index >= 15 is 0 Å². The molecule has 4 atom stereocenters. The summed E-state index contributed by atoms with van der Waals surface area (Å²) < 4.78 is 0. The average molecular weight is 556 g/mol. The second-order valence-corrected chi connectivity index (χ2v) is 9.11. The maximum atomic E-state index is 13.0. The summed E-state index contributed by atoms with van der Waals surface area (Å²) in [5.41, 5.74) is 12.5. The molecular formula is C27H33N5O8. The Morgan fingerprint density at radius 2 is 1.15 bits per heavy atom. The van der Waals surface area contributed by atoms with Gasteiger partial charge in [0.25, 0.3) is 0 Å². The molecule has 13 heteroatoms. The maximum absolute atomic E-state index is 13.0. The number of amides is 4. The van der Waals surface area contributed by atoms with Crippen LogP contribution in [-0.4, -0.2) is 69.9 Å². The molecule has 13 nitrogen and oxygen atoms in total. The molecule has 0 aliphatic rings. The molecule has 0 aliphatic carbocycles. The molecule has 2 aromatic carbocycles. The lowest BCUT2D eigenvalue weighted by Gasteiger charge is -2.24. The fourth-order valence-electron chi connectivity index (χ4n) is 3.77. The second-order valence-electron chi connectivity index (χ2n) is 9.11. The number of hydrogen-bond donors (Lipinski definition) is 7. The Bertz CT molecular complexity index is 1190. The summed E-state index contributed by atoms with van der Waals surface area (Å²) in [5, 5.41) is 25.8. The topological polar surface area (TPSA) is 231 Å². The first-order valence-corrected chi connectivity index (χ1v) is 12.4. The van der Waals surface area contributed by atoms with Crippen molar-refractivity contribution < 1.29 is 39.0 Å². The molecule has 214 valence electrons. The number of carbonyl (C=O) groups is 6. The minimum absolute atomic E-state index is 0.0601. The number of benzene rings is 2. The summed E-state index contributed by atoms with van der Waals surface area (Å²) >= 11 is 0. The molecule has 0 saturated carbocycles. The molecule has 2 aromatic rings. The highest BCUT2D eigenvalue weighted by Crippen LogP contribution is 2.07. The number of rotatable bonds is 16. The summed E-state index contributed by atoms with van der Waals surface area (Å²) in [6.07, 6.45) is -1.41. The number of carboxylic acid groups (broad SMARTS) is 2. The van der Waals surface area contributed by atoms with Crippen molar-refractivity contribution in [2.75, 3.05) is 0 Å². The van der Waals surface area contributed by atoms with E-state index in [2.05, 4.69) is 16.0 Å². The van der Waals surface area contributed by atoms with Gasteiger partial charge in [0.1, 0.15) is 18.1 Å². The van der Waals surface area contributed by atoms with Gasteiger partial charge in [0.2, 0.25) is 23.6 Å². The molecular weight excluding hydrogens is 522 g/mol. The first-order valence-electron chi connectivity index (χ1n) is 12.4. The lowest BCUT2D eigenvalue weighted by molar-refractivity contribution is -0.143. The lowest BCUT2D eigenvalue weighted by atomic mass is 10.0. The number of carboxylic acids is 2. The van der Waals surface area contributed by atoms with Gasteiger partial charge in [0.15, 0.2) is 0 Å². The highest BCUT2D eigenvalue weighted by Gasteiger charge is 2.31. The number of carbonyl (C=O) groups excluding carboxylic acids is 4. The van der Waals surface area contributed by atoms with E-state index in [1.54, 1.807) is 60.7 Å². The normalized spacial score (nSPS) is 13.6. The van der Waals surface area contributed by atoms with Gasteiger partial charge in [-0.25, -0.2) is 4.79 Å². The molecule has 0 saturated heterocycles. The van der Waals surface area contributed by atoms with Crippen molar-refractivity contribution in [2.24, 2.45) is 11.5 Å². The van der Waals surface area contributed by atoms with Crippen molar-refractivity contribution in [3.05, 3.63) is 71.8 Å². The molecule has 0 bridgehead atoms. The monoisotopic (exact) mass is 555 g/mol. The van der Waals surface area contributed by atoms with Crippen molar-refractivity contribution in [3.63, 3.8) is 0 Å². The third kappa shape index (κ3) is 10.9. The highest BCUT2D eigenvalue weighted by atomic mass is 16.4. The van der Waals surface area contributed by atoms with Gasteiger partial charge in [0.05, 0.1) is 12.5 Å². The fraction of sp³-hybridized carbons (Fsp3) is 0.333. The predicted octanol–water partition coefficient (Wildman–Crippen LogP) is -0.922. The Hall–Kier alpha value is -4.78. The van der Waals surface area contributed by atoms with E-state index in [9.17, 15) is 39.0 Å². The van der Waals surface area contributed by atoms with Crippen molar-refractivity contribution in [3.8, 4) is 0 Å². The number of nitrogens with one attached hydrogen (secondary N) is 3. The fourth-order valence-corrected chi connectivity index (χ4v) is 3.77. The van der Waals surface area contributed by atoms with E-state index in [1.807, 2.05) is 0 Å². The Kier molecular flexibility index (Phi) is 12.3. The first kappa shape index (κ1) is 31.4. The molecule has 2 rings (SSSR count). The molecule has 4 unspecified atom stereocenters. The minimum Gasteiger partial charge on any atom is -0.481 e. The SMILES string of the molecule is NC(=O)CCC(NC(=O)C(CC(=O)O)NC(=O)C(N)Cc1ccccc1)C(=O)NC(Cc1ccccc1)C(=O)O. The van der Waals surface area contributed by atoms with Crippen LogP contribution in [0.3, 0.4) is 0 Å². The van der Waals surface area contributed by atoms with Crippen LogP contribution in [0.2, 0.25) is 0 Å². The van der Waals surface area contributed by atoms with Crippen LogP contribution in [-0.2, 0) is 41.6 Å². The summed E-state index contributed by atoms with van der Waals surface area (Å²) in [4.78, 5) is 73.3. The Morgan fingerprint density at radius 3 is 1.65 bits per heavy atom. The first-order chi connectivity index (χ1) is 19.0. The van der Waals surface area contributed by atoms with Crippen LogP contribution < -0.4 is 27.4 Å². The van der Waals surface area contributed by atoms with Crippen LogP contribution in [0.25, 0.3) is 0 Å². The zero-order valence-electron chi connectivity index (χ0n) is 21.6. The highest BCUT2D eigenvalue weighted by molar-refractivity contribution is 5.96. The van der Waals surface area contributed by atoms with Gasteiger partial charge in [-0.15, -0.1) is 0 Å². The van der Waals surface area contributed by atoms with Crippen LogP contribution in [0, 0.1) is 0 Å². The van der Waals surface area contributed by atoms with Gasteiger partial charge in [-0.1, -0.05) is 60.7 Å². The molecule has 0 fully saturated rings. The molecule has 0 aromatic heterocycles. The van der Waals surface area contributed by atoms with E-state index in [0.29, 0.717) is 5.56 Å². The number of aliphatic carboxylic acids is 2. The lowest BCUT2D eigenvalue weighted by Crippen LogP contribution is -2.58. The van der Waals surface area contributed by atoms with Gasteiger partial charge in [0, 0.05) is 12.8 Å². The van der Waals surface area contributed by atoms with Crippen LogP contribution in [0.1, 0.15) is 30.4 Å². The molecule has 40 heavy (non-hydrogen) atoms. The van der Waals surface area contributed by atoms with Gasteiger partial charge < -0.3 is 37.6 Å². The smallest absolute Gasteiger partial charge is 0.326 e. The van der Waals surface area contributed by atoms with Gasteiger partial charge >= 0.3 is 11.9 Å². The van der Waals surface area contributed by atoms with E-state index in [1.165, 1.54) is 0 Å². The van der Waals surface area contributed by atoms with E-state index < -0.39 is 66.2 Å². The van der Waals surface area contributed by atoms with Crippen LogP contribution in [0.4, 0.5) is 0 Å². The quantitative estimate of drug-likeness (QED) is 0.135. The van der Waals surface area contributed by atoms with Gasteiger partial charge in [-0.2, -0.15) is 0 Å². The van der Waals surface area contributed by atoms with Crippen molar-refractivity contribution in [1.29, 1.82) is 0 Å². The molecule has 0 heterocycles. The van der Waals surface area contributed by atoms with Crippen molar-refractivity contribution in [1.82, 2.24) is 16.0 Å². The van der Waals surface area contributed by atoms with Gasteiger partial charge in [-0.05, 0) is 24.0 Å². The standard InChI is InChI=1S/C27H33N5O8/c28-18(13-16-7-3-1-4-8-16)24(36)31-20(15-23(34)35)26(38)30-19(11-12-22(29)33)25(37)32-21(27(39)40)14-17-9-5-2-6-10-17/h1-10,18-21H,11-15,28H2,(H2,29,33)(H,30,38)(H,31,36)(H,32,37)(H,34,35)(H,39,40). The van der Waals surface area contributed by atoms with Crippen molar-refractivity contribution >= 4 is 35.6 Å². The Balaban J connectivity index is 2.15. The third-order valence-electron chi connectivity index (χ3n) is 5.86. The predicted molar refractivity (Wildman–Crippen MR) is 142 cm³/mol. The zero-order valence-corrected chi connectivity index (χ0v) is 21.6. The number of primary amides is 1. The largest absolute Gasteiger partial charge is 0.481 e. The van der Waals surface area contributed by atoms with Crippen LogP contribution in [0.5, 0.6) is 0 Å². The zero-order chi connectivity index (χ0) is 29.7. The summed E-state index contributed by atoms with van der Waals surface area (Å²) in [6.45, 7) is 0. The molecule has 4 amide bonds. The number of nitrogens with two attached hydrogens (primary N) is 2. The minimum atomic E-state index is -1.62. The van der Waals surface area contributed by atoms with E-state index in [0.717, 1.165) is 5.56 Å². The van der Waals surface area contributed by atoms with Gasteiger partial charge in [-0.3, -0.25) is 24.0 Å². The molecule has 0 aliphatic heterocycles. The molecule has 0 radical (unpaired) electrons. The summed E-state index contributed by atoms with van der Waals surface area (Å²) in [6, 6.07) is 11.8. The molecule has 0 spiro atoms. The number of hydrogen-bond acceptors (Lipinski definition) is 7. The van der Waals surface area contributed by atoms with E-state index in [-0.39, 0.29) is 25.7 Å². The van der Waals surface area contributed by atoms with Crippen molar-refractivity contribution in [2.45, 2.75) is 56.3 Å². The maximum Gasteiger partial charge on any atom is 0.326 e. The average Bonchev–Trinajstić information content (AvgIpc) is 2.90. The summed E-state index contributed by atoms with van der Waals surface area (Å²) in [7, 11) is 0. The second kappa shape index (κ2) is 15.6. The van der Waals surface area contributed by atoms with Crippen LogP contribution >= 0.6 is 0 Å². The Morgan fingerprint density at radius 1 is 0.675 bits per heavy atom. The third-order valence-corrected chi connectivity index (χ3v) is 5.86.